The zero-order chi connectivity index (χ0) is 12.6. The molecule has 0 aromatic carbocycles. The highest BCUT2D eigenvalue weighted by Gasteiger charge is 2.58. The summed E-state index contributed by atoms with van der Waals surface area (Å²) < 4.78 is 0.834. The fourth-order valence-electron chi connectivity index (χ4n) is 4.59. The first-order chi connectivity index (χ1) is 8.69. The third kappa shape index (κ3) is 2.70. The Hall–Kier alpha value is 1.32. The van der Waals surface area contributed by atoms with E-state index >= 15 is 0 Å². The maximum absolute atomic E-state index is 9.07. The van der Waals surface area contributed by atoms with Crippen molar-refractivity contribution in [1.29, 1.82) is 0 Å². The largest absolute Gasteiger partial charge is 0.385 e. The van der Waals surface area contributed by atoms with Crippen LogP contribution in [-0.4, -0.2) is 31.6 Å². The minimum atomic E-state index is 0.229. The van der Waals surface area contributed by atoms with Gasteiger partial charge >= 0.3 is 0 Å². The van der Waals surface area contributed by atoms with Crippen molar-refractivity contribution in [1.82, 2.24) is 0 Å². The Bertz CT molecular complexity index is 272. The summed E-state index contributed by atoms with van der Waals surface area (Å²) in [5.74, 6) is 2.25. The van der Waals surface area contributed by atoms with Crippen LogP contribution in [0.5, 0.6) is 0 Å². The van der Waals surface area contributed by atoms with Gasteiger partial charge in [0.2, 0.25) is 0 Å². The fourth-order valence-corrected chi connectivity index (χ4v) is 10.2. The van der Waals surface area contributed by atoms with E-state index in [1.54, 1.807) is 21.6 Å². The topological polar surface area (TPSA) is 40.5 Å². The van der Waals surface area contributed by atoms with Crippen LogP contribution < -0.4 is 0 Å². The molecule has 0 aliphatic heterocycles. The van der Waals surface area contributed by atoms with Crippen molar-refractivity contribution >= 4 is 43.2 Å². The van der Waals surface area contributed by atoms with Gasteiger partial charge in [-0.1, -0.05) is 43.2 Å². The summed E-state index contributed by atoms with van der Waals surface area (Å²) in [6.45, 7) is 0. The van der Waals surface area contributed by atoms with Gasteiger partial charge in [0.25, 0.3) is 0 Å². The van der Waals surface area contributed by atoms with Crippen LogP contribution >= 0.6 is 43.2 Å². The van der Waals surface area contributed by atoms with Gasteiger partial charge in [-0.05, 0) is 50.4 Å². The molecule has 0 heterocycles. The van der Waals surface area contributed by atoms with Gasteiger partial charge in [-0.15, -0.1) is 0 Å². The number of hydrogen-bond donors (Lipinski definition) is 2. The molecule has 4 fully saturated rings. The molecule has 0 spiro atoms. The Morgan fingerprint density at radius 3 is 1.67 bits per heavy atom. The van der Waals surface area contributed by atoms with Gasteiger partial charge < -0.3 is 10.2 Å². The quantitative estimate of drug-likeness (QED) is 0.573. The Balaban J connectivity index is 1.75. The zero-order valence-electron chi connectivity index (χ0n) is 10.3. The van der Waals surface area contributed by atoms with Crippen LogP contribution in [0, 0.1) is 11.8 Å². The van der Waals surface area contributed by atoms with Crippen LogP contribution in [0.15, 0.2) is 0 Å². The standard InChI is InChI=1S/C12H20O2S4/c13-7-15-17-11-2-9-1-10(4-11)5-12(3-9,6-11)18-16-8-14/h9-10,13-14H,1-8H2. The molecule has 4 aliphatic rings. The van der Waals surface area contributed by atoms with E-state index in [1.165, 1.54) is 38.5 Å². The molecule has 2 N–H and O–H groups in total. The highest BCUT2D eigenvalue weighted by molar-refractivity contribution is 8.77. The van der Waals surface area contributed by atoms with E-state index in [9.17, 15) is 0 Å². The molecule has 104 valence electrons. The van der Waals surface area contributed by atoms with E-state index in [1.807, 2.05) is 21.6 Å². The second kappa shape index (κ2) is 5.60. The first-order valence-corrected chi connectivity index (χ1v) is 11.2. The van der Waals surface area contributed by atoms with Crippen molar-refractivity contribution in [2.75, 3.05) is 11.9 Å². The molecule has 0 radical (unpaired) electrons. The number of hydrogen-bond acceptors (Lipinski definition) is 6. The Morgan fingerprint density at radius 2 is 1.28 bits per heavy atom. The molecule has 0 aromatic heterocycles. The molecule has 4 bridgehead atoms. The Morgan fingerprint density at radius 1 is 0.833 bits per heavy atom. The summed E-state index contributed by atoms with van der Waals surface area (Å²) in [6.07, 6.45) is 8.13. The average Bonchev–Trinajstić information content (AvgIpc) is 2.32. The number of aliphatic hydroxyl groups excluding tert-OH is 2. The van der Waals surface area contributed by atoms with Crippen LogP contribution in [0.4, 0.5) is 0 Å². The Kier molecular flexibility index (Phi) is 4.44. The van der Waals surface area contributed by atoms with Crippen molar-refractivity contribution < 1.29 is 10.2 Å². The SMILES string of the molecule is OCSSC12CC3CC(C1)CC(SSCO)(C3)C2. The summed E-state index contributed by atoms with van der Waals surface area (Å²) in [5.41, 5.74) is 0. The molecule has 4 rings (SSSR count). The number of aliphatic hydroxyl groups is 2. The van der Waals surface area contributed by atoms with E-state index in [-0.39, 0.29) is 11.9 Å². The smallest absolute Gasteiger partial charge is 0.0987 e. The lowest BCUT2D eigenvalue weighted by Crippen LogP contribution is -2.55. The third-order valence-electron chi connectivity index (χ3n) is 4.53. The maximum Gasteiger partial charge on any atom is 0.0987 e. The number of rotatable bonds is 6. The summed E-state index contributed by atoms with van der Waals surface area (Å²) in [4.78, 5) is 0. The third-order valence-corrected chi connectivity index (χ3v) is 10.1. The fraction of sp³-hybridized carbons (Fsp3) is 1.00. The van der Waals surface area contributed by atoms with Crippen molar-refractivity contribution in [3.05, 3.63) is 0 Å². The molecular weight excluding hydrogens is 304 g/mol. The molecule has 6 heteroatoms. The molecule has 4 saturated carbocycles. The molecule has 0 aromatic rings. The van der Waals surface area contributed by atoms with Crippen molar-refractivity contribution in [2.24, 2.45) is 11.8 Å². The van der Waals surface area contributed by atoms with Crippen molar-refractivity contribution in [3.8, 4) is 0 Å². The predicted octanol–water partition coefficient (Wildman–Crippen LogP) is 3.74. The lowest BCUT2D eigenvalue weighted by atomic mass is 9.55. The van der Waals surface area contributed by atoms with Gasteiger partial charge in [-0.25, -0.2) is 0 Å². The first-order valence-electron chi connectivity index (χ1n) is 6.52. The van der Waals surface area contributed by atoms with Crippen LogP contribution in [0.25, 0.3) is 0 Å². The molecule has 0 unspecified atom stereocenters. The van der Waals surface area contributed by atoms with Crippen molar-refractivity contribution in [2.45, 2.75) is 48.0 Å². The van der Waals surface area contributed by atoms with E-state index in [0.717, 1.165) is 11.8 Å². The monoisotopic (exact) mass is 324 g/mol. The average molecular weight is 325 g/mol. The van der Waals surface area contributed by atoms with Crippen LogP contribution in [0.1, 0.15) is 38.5 Å². The maximum atomic E-state index is 9.07. The second-order valence-corrected chi connectivity index (χ2v) is 11.5. The van der Waals surface area contributed by atoms with Crippen LogP contribution in [-0.2, 0) is 0 Å². The van der Waals surface area contributed by atoms with Gasteiger partial charge in [0, 0.05) is 9.49 Å². The van der Waals surface area contributed by atoms with E-state index in [2.05, 4.69) is 0 Å². The van der Waals surface area contributed by atoms with Crippen molar-refractivity contribution in [3.63, 3.8) is 0 Å². The summed E-state index contributed by atoms with van der Waals surface area (Å²) in [7, 11) is 7.15. The zero-order valence-corrected chi connectivity index (χ0v) is 13.6. The van der Waals surface area contributed by atoms with Crippen LogP contribution in [0.3, 0.4) is 0 Å². The molecule has 2 nitrogen and oxygen atoms in total. The minimum Gasteiger partial charge on any atom is -0.385 e. The molecular formula is C12H20O2S4. The van der Waals surface area contributed by atoms with Gasteiger partial charge in [-0.3, -0.25) is 0 Å². The molecule has 0 atom stereocenters. The van der Waals surface area contributed by atoms with E-state index in [0.29, 0.717) is 9.49 Å². The molecule has 4 aliphatic carbocycles. The summed E-state index contributed by atoms with van der Waals surface area (Å²) >= 11 is 0. The van der Waals surface area contributed by atoms with Gasteiger partial charge in [0.05, 0.1) is 11.9 Å². The summed E-state index contributed by atoms with van der Waals surface area (Å²) in [6, 6.07) is 0. The second-order valence-electron chi connectivity index (χ2n) is 5.99. The lowest BCUT2D eigenvalue weighted by Gasteiger charge is -2.61. The van der Waals surface area contributed by atoms with E-state index < -0.39 is 0 Å². The van der Waals surface area contributed by atoms with Gasteiger partial charge in [0.1, 0.15) is 0 Å². The van der Waals surface area contributed by atoms with Gasteiger partial charge in [0.15, 0.2) is 0 Å². The Labute approximate surface area is 125 Å². The van der Waals surface area contributed by atoms with Crippen LogP contribution in [0.2, 0.25) is 0 Å². The summed E-state index contributed by atoms with van der Waals surface area (Å²) in [5, 5.41) is 18.1. The van der Waals surface area contributed by atoms with E-state index in [4.69, 9.17) is 10.2 Å². The molecule has 18 heavy (non-hydrogen) atoms. The normalized spacial score (nSPS) is 45.7. The predicted molar refractivity (Wildman–Crippen MR) is 84.7 cm³/mol. The highest BCUT2D eigenvalue weighted by atomic mass is 33.1. The minimum absolute atomic E-state index is 0.229. The lowest BCUT2D eigenvalue weighted by molar-refractivity contribution is 0.0588. The molecule has 0 amide bonds. The van der Waals surface area contributed by atoms with Gasteiger partial charge in [-0.2, -0.15) is 0 Å². The first kappa shape index (κ1) is 14.3. The molecule has 0 saturated heterocycles. The highest BCUT2D eigenvalue weighted by Crippen LogP contribution is 2.68.